The zero-order valence-corrected chi connectivity index (χ0v) is 18.0. The summed E-state index contributed by atoms with van der Waals surface area (Å²) in [4.78, 5) is 20.6. The summed E-state index contributed by atoms with van der Waals surface area (Å²) in [5, 5.41) is 6.32. The lowest BCUT2D eigenvalue weighted by Crippen LogP contribution is -2.39. The molecule has 0 aliphatic carbocycles. The standard InChI is InChI=1S/C19H24ClN5O3S/c1-19(2,12-22-17(26)14-6-8-15(20)9-7-14)13-23-18(25-29(3,27)28)24-16-5-4-10-21-11-16/h4-11H,12-13H2,1-3H3,(H,22,26)(H2,23,24,25). The fourth-order valence-electron chi connectivity index (χ4n) is 2.22. The maximum Gasteiger partial charge on any atom is 0.251 e. The minimum absolute atomic E-state index is 0.0811. The number of halogens is 1. The molecular formula is C19H24ClN5O3S. The van der Waals surface area contributed by atoms with Crippen LogP contribution in [-0.2, 0) is 10.0 Å². The van der Waals surface area contributed by atoms with Crippen molar-refractivity contribution in [2.75, 3.05) is 24.7 Å². The first-order chi connectivity index (χ1) is 13.5. The summed E-state index contributed by atoms with van der Waals surface area (Å²) in [6, 6.07) is 10.1. The second kappa shape index (κ2) is 9.71. The van der Waals surface area contributed by atoms with Gasteiger partial charge in [0, 0.05) is 35.3 Å². The van der Waals surface area contributed by atoms with E-state index in [-0.39, 0.29) is 18.4 Å². The fourth-order valence-corrected chi connectivity index (χ4v) is 2.81. The molecule has 8 nitrogen and oxygen atoms in total. The van der Waals surface area contributed by atoms with Crippen LogP contribution in [0.2, 0.25) is 5.02 Å². The highest BCUT2D eigenvalue weighted by atomic mass is 35.5. The molecule has 2 rings (SSSR count). The summed E-state index contributed by atoms with van der Waals surface area (Å²) in [7, 11) is -3.52. The van der Waals surface area contributed by atoms with Crippen molar-refractivity contribution in [2.45, 2.75) is 13.8 Å². The third kappa shape index (κ3) is 8.49. The van der Waals surface area contributed by atoms with Crippen LogP contribution in [0.3, 0.4) is 0 Å². The number of rotatable bonds is 7. The molecule has 0 saturated carbocycles. The van der Waals surface area contributed by atoms with E-state index < -0.39 is 15.4 Å². The second-order valence-corrected chi connectivity index (χ2v) is 9.44. The number of sulfonamides is 1. The first-order valence-corrected chi connectivity index (χ1v) is 11.0. The highest BCUT2D eigenvalue weighted by molar-refractivity contribution is 7.89. The van der Waals surface area contributed by atoms with Gasteiger partial charge in [-0.1, -0.05) is 25.4 Å². The number of pyridine rings is 1. The normalized spacial score (nSPS) is 12.3. The number of amides is 1. The van der Waals surface area contributed by atoms with Gasteiger partial charge in [0.2, 0.25) is 16.0 Å². The molecule has 0 atom stereocenters. The minimum Gasteiger partial charge on any atom is -0.351 e. The predicted molar refractivity (Wildman–Crippen MR) is 116 cm³/mol. The van der Waals surface area contributed by atoms with Gasteiger partial charge in [0.1, 0.15) is 0 Å². The van der Waals surface area contributed by atoms with Crippen molar-refractivity contribution in [3.63, 3.8) is 0 Å². The average molecular weight is 438 g/mol. The van der Waals surface area contributed by atoms with Crippen molar-refractivity contribution >= 4 is 39.2 Å². The highest BCUT2D eigenvalue weighted by Gasteiger charge is 2.20. The molecule has 156 valence electrons. The van der Waals surface area contributed by atoms with Gasteiger partial charge in [0.15, 0.2) is 0 Å². The lowest BCUT2D eigenvalue weighted by atomic mass is 9.93. The number of hydrogen-bond donors (Lipinski definition) is 3. The SMILES string of the molecule is CC(C)(CN=C(Nc1cccnc1)NS(C)(=O)=O)CNC(=O)c1ccc(Cl)cc1. The molecule has 0 aliphatic heterocycles. The Kier molecular flexibility index (Phi) is 7.58. The third-order valence-corrected chi connectivity index (χ3v) is 4.52. The summed E-state index contributed by atoms with van der Waals surface area (Å²) >= 11 is 5.84. The van der Waals surface area contributed by atoms with Crippen LogP contribution in [0.5, 0.6) is 0 Å². The highest BCUT2D eigenvalue weighted by Crippen LogP contribution is 2.15. The monoisotopic (exact) mass is 437 g/mol. The number of benzene rings is 1. The molecule has 1 aromatic carbocycles. The van der Waals surface area contributed by atoms with Gasteiger partial charge in [0.25, 0.3) is 5.91 Å². The molecule has 0 radical (unpaired) electrons. The van der Waals surface area contributed by atoms with Crippen LogP contribution in [0.15, 0.2) is 53.8 Å². The van der Waals surface area contributed by atoms with Crippen molar-refractivity contribution in [3.05, 3.63) is 59.4 Å². The first kappa shape index (κ1) is 22.6. The van der Waals surface area contributed by atoms with Crippen LogP contribution in [0, 0.1) is 5.41 Å². The smallest absolute Gasteiger partial charge is 0.251 e. The Morgan fingerprint density at radius 1 is 1.21 bits per heavy atom. The van der Waals surface area contributed by atoms with E-state index in [9.17, 15) is 13.2 Å². The topological polar surface area (TPSA) is 113 Å². The molecule has 0 saturated heterocycles. The second-order valence-electron chi connectivity index (χ2n) is 7.26. The largest absolute Gasteiger partial charge is 0.351 e. The van der Waals surface area contributed by atoms with Crippen LogP contribution >= 0.6 is 11.6 Å². The molecule has 3 N–H and O–H groups in total. The molecular weight excluding hydrogens is 414 g/mol. The molecule has 0 fully saturated rings. The lowest BCUT2D eigenvalue weighted by Gasteiger charge is -2.23. The van der Waals surface area contributed by atoms with Crippen molar-refractivity contribution in [1.82, 2.24) is 15.0 Å². The third-order valence-electron chi connectivity index (χ3n) is 3.71. The Hall–Kier alpha value is -2.65. The van der Waals surface area contributed by atoms with Crippen molar-refractivity contribution in [3.8, 4) is 0 Å². The molecule has 0 aliphatic rings. The Morgan fingerprint density at radius 2 is 1.90 bits per heavy atom. The number of aromatic nitrogens is 1. The summed E-state index contributed by atoms with van der Waals surface area (Å²) in [5.41, 5.74) is 0.672. The number of nitrogens with zero attached hydrogens (tertiary/aromatic N) is 2. The number of guanidine groups is 1. The van der Waals surface area contributed by atoms with Crippen LogP contribution in [0.25, 0.3) is 0 Å². The summed E-state index contributed by atoms with van der Waals surface area (Å²) in [6.45, 7) is 4.44. The van der Waals surface area contributed by atoms with E-state index in [2.05, 4.69) is 25.3 Å². The van der Waals surface area contributed by atoms with Crippen LogP contribution in [0.4, 0.5) is 5.69 Å². The van der Waals surface area contributed by atoms with Crippen molar-refractivity contribution in [1.29, 1.82) is 0 Å². The van der Waals surface area contributed by atoms with E-state index in [0.29, 0.717) is 22.8 Å². The van der Waals surface area contributed by atoms with Crippen LogP contribution in [0.1, 0.15) is 24.2 Å². The summed E-state index contributed by atoms with van der Waals surface area (Å²) < 4.78 is 25.6. The number of carbonyl (C=O) groups excluding carboxylic acids is 1. The first-order valence-electron chi connectivity index (χ1n) is 8.77. The van der Waals surface area contributed by atoms with Crippen molar-refractivity contribution in [2.24, 2.45) is 10.4 Å². The maximum absolute atomic E-state index is 12.3. The number of aliphatic imine (C=N–C) groups is 1. The molecule has 0 bridgehead atoms. The van der Waals surface area contributed by atoms with Crippen LogP contribution < -0.4 is 15.4 Å². The molecule has 1 heterocycles. The minimum atomic E-state index is -3.52. The van der Waals surface area contributed by atoms with Gasteiger partial charge in [-0.05, 0) is 36.4 Å². The fraction of sp³-hybridized carbons (Fsp3) is 0.316. The van der Waals surface area contributed by atoms with Gasteiger partial charge in [-0.2, -0.15) is 0 Å². The van der Waals surface area contributed by atoms with Crippen LogP contribution in [-0.4, -0.2) is 44.6 Å². The predicted octanol–water partition coefficient (Wildman–Crippen LogP) is 2.51. The van der Waals surface area contributed by atoms with Gasteiger partial charge in [0.05, 0.1) is 18.1 Å². The van der Waals surface area contributed by atoms with E-state index in [1.165, 1.54) is 0 Å². The summed E-state index contributed by atoms with van der Waals surface area (Å²) in [5.74, 6) is -0.140. The number of anilines is 1. The van der Waals surface area contributed by atoms with Gasteiger partial charge in [-0.25, -0.2) is 8.42 Å². The molecule has 2 aromatic rings. The molecule has 29 heavy (non-hydrogen) atoms. The quantitative estimate of drug-likeness (QED) is 0.455. The maximum atomic E-state index is 12.3. The molecule has 0 unspecified atom stereocenters. The zero-order valence-electron chi connectivity index (χ0n) is 16.4. The Morgan fingerprint density at radius 3 is 2.48 bits per heavy atom. The molecule has 1 aromatic heterocycles. The molecule has 1 amide bonds. The number of nitrogens with one attached hydrogen (secondary N) is 3. The van der Waals surface area contributed by atoms with Gasteiger partial charge >= 0.3 is 0 Å². The molecule has 10 heteroatoms. The molecule has 0 spiro atoms. The van der Waals surface area contributed by atoms with E-state index in [1.54, 1.807) is 48.8 Å². The van der Waals surface area contributed by atoms with E-state index in [1.807, 2.05) is 13.8 Å². The number of carbonyl (C=O) groups is 1. The number of hydrogen-bond acceptors (Lipinski definition) is 5. The Bertz CT molecular complexity index is 961. The average Bonchev–Trinajstić information content (AvgIpc) is 2.65. The Labute approximate surface area is 175 Å². The van der Waals surface area contributed by atoms with Gasteiger partial charge < -0.3 is 10.6 Å². The Balaban J connectivity index is 2.02. The van der Waals surface area contributed by atoms with E-state index in [0.717, 1.165) is 6.26 Å². The van der Waals surface area contributed by atoms with Crippen molar-refractivity contribution < 1.29 is 13.2 Å². The zero-order chi connectivity index (χ0) is 21.5. The van der Waals surface area contributed by atoms with E-state index >= 15 is 0 Å². The van der Waals surface area contributed by atoms with Gasteiger partial charge in [-0.15, -0.1) is 0 Å². The summed E-state index contributed by atoms with van der Waals surface area (Å²) in [6.07, 6.45) is 4.21. The van der Waals surface area contributed by atoms with Gasteiger partial charge in [-0.3, -0.25) is 19.5 Å². The van der Waals surface area contributed by atoms with E-state index in [4.69, 9.17) is 11.6 Å². The lowest BCUT2D eigenvalue weighted by molar-refractivity contribution is 0.0938.